The van der Waals surface area contributed by atoms with Crippen LogP contribution >= 0.6 is 0 Å². The average molecular weight is 321 g/mol. The standard InChI is InChI=1S/C16H14F3N3O/c17-16(18,19)13-9-11(4-5-12(13)10-20)14-6-7-21-22(14)15-3-1-2-8-23-15/h4-7,9,15H,1-3,8H2. The molecule has 0 bridgehead atoms. The van der Waals surface area contributed by atoms with Gasteiger partial charge in [0.15, 0.2) is 6.23 Å². The highest BCUT2D eigenvalue weighted by Crippen LogP contribution is 2.35. The van der Waals surface area contributed by atoms with Crippen LogP contribution in [0, 0.1) is 11.3 Å². The van der Waals surface area contributed by atoms with Crippen LogP contribution in [0.2, 0.25) is 0 Å². The molecular weight excluding hydrogens is 307 g/mol. The first-order valence-electron chi connectivity index (χ1n) is 7.27. The number of rotatable bonds is 2. The van der Waals surface area contributed by atoms with Crippen molar-refractivity contribution in [3.8, 4) is 17.3 Å². The maximum absolute atomic E-state index is 13.1. The van der Waals surface area contributed by atoms with Crippen LogP contribution in [0.15, 0.2) is 30.5 Å². The Kier molecular flexibility index (Phi) is 4.09. The number of halogens is 3. The Hall–Kier alpha value is -2.33. The summed E-state index contributed by atoms with van der Waals surface area (Å²) >= 11 is 0. The minimum atomic E-state index is -4.58. The van der Waals surface area contributed by atoms with Gasteiger partial charge < -0.3 is 4.74 Å². The van der Waals surface area contributed by atoms with Crippen LogP contribution in [0.1, 0.15) is 36.6 Å². The van der Waals surface area contributed by atoms with Crippen LogP contribution in [0.25, 0.3) is 11.3 Å². The lowest BCUT2D eigenvalue weighted by Gasteiger charge is -2.24. The number of nitrogens with zero attached hydrogens (tertiary/aromatic N) is 3. The molecule has 23 heavy (non-hydrogen) atoms. The lowest BCUT2D eigenvalue weighted by Crippen LogP contribution is -2.20. The van der Waals surface area contributed by atoms with Gasteiger partial charge in [0, 0.05) is 18.4 Å². The van der Waals surface area contributed by atoms with E-state index >= 15 is 0 Å². The molecule has 1 saturated heterocycles. The lowest BCUT2D eigenvalue weighted by molar-refractivity contribution is -0.137. The van der Waals surface area contributed by atoms with E-state index in [1.165, 1.54) is 12.1 Å². The summed E-state index contributed by atoms with van der Waals surface area (Å²) in [5.74, 6) is 0. The van der Waals surface area contributed by atoms with E-state index in [0.29, 0.717) is 17.9 Å². The average Bonchev–Trinajstić information content (AvgIpc) is 3.04. The predicted molar refractivity (Wildman–Crippen MR) is 76.2 cm³/mol. The highest BCUT2D eigenvalue weighted by molar-refractivity contribution is 5.63. The number of aromatic nitrogens is 2. The quantitative estimate of drug-likeness (QED) is 0.835. The van der Waals surface area contributed by atoms with E-state index in [1.54, 1.807) is 23.0 Å². The highest BCUT2D eigenvalue weighted by Gasteiger charge is 2.34. The third-order valence-electron chi connectivity index (χ3n) is 3.84. The molecule has 2 heterocycles. The van der Waals surface area contributed by atoms with E-state index in [2.05, 4.69) is 5.10 Å². The zero-order chi connectivity index (χ0) is 16.4. The Morgan fingerprint density at radius 3 is 2.74 bits per heavy atom. The largest absolute Gasteiger partial charge is 0.417 e. The van der Waals surface area contributed by atoms with Crippen molar-refractivity contribution in [3.63, 3.8) is 0 Å². The molecule has 7 heteroatoms. The van der Waals surface area contributed by atoms with Gasteiger partial charge in [-0.05, 0) is 37.5 Å². The van der Waals surface area contributed by atoms with Crippen molar-refractivity contribution in [2.24, 2.45) is 0 Å². The van der Waals surface area contributed by atoms with Gasteiger partial charge in [0.2, 0.25) is 0 Å². The van der Waals surface area contributed by atoms with E-state index in [4.69, 9.17) is 10.00 Å². The smallest absolute Gasteiger partial charge is 0.356 e. The molecule has 1 aromatic carbocycles. The van der Waals surface area contributed by atoms with Crippen LogP contribution in [0.5, 0.6) is 0 Å². The Balaban J connectivity index is 2.03. The SMILES string of the molecule is N#Cc1ccc(-c2ccnn2C2CCCCO2)cc1C(F)(F)F. The Bertz CT molecular complexity index is 740. The summed E-state index contributed by atoms with van der Waals surface area (Å²) in [6.45, 7) is 0.616. The van der Waals surface area contributed by atoms with Crippen molar-refractivity contribution < 1.29 is 17.9 Å². The summed E-state index contributed by atoms with van der Waals surface area (Å²) in [7, 11) is 0. The van der Waals surface area contributed by atoms with Gasteiger partial charge in [-0.25, -0.2) is 4.68 Å². The molecule has 1 atom stereocenters. The van der Waals surface area contributed by atoms with Crippen molar-refractivity contribution in [2.45, 2.75) is 31.7 Å². The fourth-order valence-corrected chi connectivity index (χ4v) is 2.72. The normalized spacial score (nSPS) is 18.6. The van der Waals surface area contributed by atoms with Crippen LogP contribution < -0.4 is 0 Å². The van der Waals surface area contributed by atoms with E-state index in [1.807, 2.05) is 0 Å². The zero-order valence-corrected chi connectivity index (χ0v) is 12.2. The van der Waals surface area contributed by atoms with Crippen molar-refractivity contribution in [1.82, 2.24) is 9.78 Å². The fourth-order valence-electron chi connectivity index (χ4n) is 2.72. The van der Waals surface area contributed by atoms with Gasteiger partial charge in [-0.2, -0.15) is 23.5 Å². The number of ether oxygens (including phenoxy) is 1. The number of hydrogen-bond donors (Lipinski definition) is 0. The van der Waals surface area contributed by atoms with Gasteiger partial charge in [-0.3, -0.25) is 0 Å². The van der Waals surface area contributed by atoms with Crippen molar-refractivity contribution in [3.05, 3.63) is 41.6 Å². The third kappa shape index (κ3) is 3.08. The van der Waals surface area contributed by atoms with Crippen LogP contribution in [0.3, 0.4) is 0 Å². The van der Waals surface area contributed by atoms with Crippen molar-refractivity contribution in [1.29, 1.82) is 5.26 Å². The van der Waals surface area contributed by atoms with E-state index < -0.39 is 11.7 Å². The molecule has 4 nitrogen and oxygen atoms in total. The van der Waals surface area contributed by atoms with E-state index in [0.717, 1.165) is 25.3 Å². The first kappa shape index (κ1) is 15.6. The summed E-state index contributed by atoms with van der Waals surface area (Å²) in [6, 6.07) is 6.93. The molecule has 0 radical (unpaired) electrons. The summed E-state index contributed by atoms with van der Waals surface area (Å²) < 4.78 is 46.6. The molecule has 0 saturated carbocycles. The molecule has 1 aromatic heterocycles. The summed E-state index contributed by atoms with van der Waals surface area (Å²) in [4.78, 5) is 0. The molecule has 120 valence electrons. The summed E-state index contributed by atoms with van der Waals surface area (Å²) in [6.07, 6.45) is -0.560. The first-order chi connectivity index (χ1) is 11.0. The molecule has 3 rings (SSSR count). The highest BCUT2D eigenvalue weighted by atomic mass is 19.4. The zero-order valence-electron chi connectivity index (χ0n) is 12.2. The molecule has 1 unspecified atom stereocenters. The molecule has 1 aliphatic rings. The molecule has 0 aliphatic carbocycles. The second-order valence-electron chi connectivity index (χ2n) is 5.35. The number of alkyl halides is 3. The first-order valence-corrected chi connectivity index (χ1v) is 7.27. The van der Waals surface area contributed by atoms with Gasteiger partial charge in [0.05, 0.1) is 22.9 Å². The molecule has 2 aromatic rings. The lowest BCUT2D eigenvalue weighted by atomic mass is 10.0. The molecule has 0 N–H and O–H groups in total. The van der Waals surface area contributed by atoms with Gasteiger partial charge in [-0.1, -0.05) is 6.07 Å². The molecule has 1 fully saturated rings. The Morgan fingerprint density at radius 1 is 1.26 bits per heavy atom. The fraction of sp³-hybridized carbons (Fsp3) is 0.375. The van der Waals surface area contributed by atoms with Crippen LogP contribution in [-0.4, -0.2) is 16.4 Å². The monoisotopic (exact) mass is 321 g/mol. The predicted octanol–water partition coefficient (Wildman–Crippen LogP) is 4.14. The van der Waals surface area contributed by atoms with Gasteiger partial charge in [0.25, 0.3) is 0 Å². The minimum absolute atomic E-state index is 0.265. The van der Waals surface area contributed by atoms with Gasteiger partial charge in [-0.15, -0.1) is 0 Å². The minimum Gasteiger partial charge on any atom is -0.356 e. The van der Waals surface area contributed by atoms with Crippen LogP contribution in [0.4, 0.5) is 13.2 Å². The number of hydrogen-bond acceptors (Lipinski definition) is 3. The number of nitriles is 1. The second kappa shape index (κ2) is 6.05. The van der Waals surface area contributed by atoms with E-state index in [-0.39, 0.29) is 11.8 Å². The van der Waals surface area contributed by atoms with E-state index in [9.17, 15) is 13.2 Å². The summed E-state index contributed by atoms with van der Waals surface area (Å²) in [5, 5.41) is 13.1. The summed E-state index contributed by atoms with van der Waals surface area (Å²) in [5.41, 5.74) is -0.411. The van der Waals surface area contributed by atoms with Crippen molar-refractivity contribution in [2.75, 3.05) is 6.61 Å². The Labute approximate surface area is 131 Å². The van der Waals surface area contributed by atoms with Gasteiger partial charge >= 0.3 is 6.18 Å². The topological polar surface area (TPSA) is 50.8 Å². The third-order valence-corrected chi connectivity index (χ3v) is 3.84. The maximum Gasteiger partial charge on any atom is 0.417 e. The van der Waals surface area contributed by atoms with Crippen molar-refractivity contribution >= 4 is 0 Å². The number of benzene rings is 1. The Morgan fingerprint density at radius 2 is 2.09 bits per heavy atom. The van der Waals surface area contributed by atoms with Crippen LogP contribution in [-0.2, 0) is 10.9 Å². The maximum atomic E-state index is 13.1. The molecular formula is C16H14F3N3O. The molecule has 0 spiro atoms. The molecule has 0 amide bonds. The molecule has 1 aliphatic heterocycles. The second-order valence-corrected chi connectivity index (χ2v) is 5.35. The van der Waals surface area contributed by atoms with Gasteiger partial charge in [0.1, 0.15) is 0 Å².